The third kappa shape index (κ3) is 3.00. The van der Waals surface area contributed by atoms with E-state index in [1.54, 1.807) is 0 Å². The van der Waals surface area contributed by atoms with Crippen molar-refractivity contribution in [1.82, 2.24) is 4.98 Å². The Hall–Kier alpha value is -1.57. The SMILES string of the molecule is O=C(Nc1cncc(F)c1)c1ccc(F)cc1I. The summed E-state index contributed by atoms with van der Waals surface area (Å²) in [6.07, 6.45) is 2.37. The number of halogens is 3. The van der Waals surface area contributed by atoms with E-state index in [2.05, 4.69) is 10.3 Å². The lowest BCUT2D eigenvalue weighted by Crippen LogP contribution is -2.13. The molecule has 0 aliphatic rings. The number of amides is 1. The number of nitrogens with zero attached hydrogens (tertiary/aromatic N) is 1. The Morgan fingerprint density at radius 3 is 2.61 bits per heavy atom. The van der Waals surface area contributed by atoms with E-state index in [1.165, 1.54) is 24.4 Å². The summed E-state index contributed by atoms with van der Waals surface area (Å²) in [6.45, 7) is 0. The summed E-state index contributed by atoms with van der Waals surface area (Å²) in [5.74, 6) is -1.39. The molecule has 0 radical (unpaired) electrons. The number of aromatic nitrogens is 1. The van der Waals surface area contributed by atoms with Gasteiger partial charge in [0.05, 0.1) is 23.6 Å². The van der Waals surface area contributed by atoms with Crippen LogP contribution in [0.25, 0.3) is 0 Å². The molecule has 1 amide bonds. The van der Waals surface area contributed by atoms with Crippen molar-refractivity contribution in [3.63, 3.8) is 0 Å². The van der Waals surface area contributed by atoms with Crippen LogP contribution in [0.3, 0.4) is 0 Å². The van der Waals surface area contributed by atoms with E-state index in [1.807, 2.05) is 22.6 Å². The molecular formula is C12H7F2IN2O. The van der Waals surface area contributed by atoms with Crippen molar-refractivity contribution in [2.45, 2.75) is 0 Å². The molecule has 0 atom stereocenters. The number of rotatable bonds is 2. The maximum atomic E-state index is 12.9. The third-order valence-corrected chi connectivity index (χ3v) is 3.03. The van der Waals surface area contributed by atoms with Gasteiger partial charge in [-0.2, -0.15) is 0 Å². The molecule has 6 heteroatoms. The number of hydrogen-bond donors (Lipinski definition) is 1. The van der Waals surface area contributed by atoms with Gasteiger partial charge in [0.2, 0.25) is 0 Å². The Kier molecular flexibility index (Phi) is 3.85. The molecule has 0 spiro atoms. The summed E-state index contributed by atoms with van der Waals surface area (Å²) in [6, 6.07) is 4.97. The molecule has 1 aromatic heterocycles. The van der Waals surface area contributed by atoms with Crippen molar-refractivity contribution in [1.29, 1.82) is 0 Å². The largest absolute Gasteiger partial charge is 0.320 e. The second-order valence-corrected chi connectivity index (χ2v) is 4.63. The predicted octanol–water partition coefficient (Wildman–Crippen LogP) is 3.22. The number of carbonyl (C=O) groups is 1. The van der Waals surface area contributed by atoms with Gasteiger partial charge in [0.15, 0.2) is 0 Å². The molecule has 0 aliphatic carbocycles. The van der Waals surface area contributed by atoms with Crippen molar-refractivity contribution in [2.24, 2.45) is 0 Å². The van der Waals surface area contributed by atoms with Gasteiger partial charge in [0.1, 0.15) is 11.6 Å². The standard InChI is InChI=1S/C12H7F2IN2O/c13-7-1-2-10(11(15)4-7)12(18)17-9-3-8(14)5-16-6-9/h1-6H,(H,17,18). The molecule has 18 heavy (non-hydrogen) atoms. The van der Waals surface area contributed by atoms with Gasteiger partial charge in [-0.15, -0.1) is 0 Å². The number of carbonyl (C=O) groups excluding carboxylic acids is 1. The van der Waals surface area contributed by atoms with E-state index in [9.17, 15) is 13.6 Å². The van der Waals surface area contributed by atoms with E-state index in [4.69, 9.17) is 0 Å². The smallest absolute Gasteiger partial charge is 0.256 e. The van der Waals surface area contributed by atoms with Gasteiger partial charge in [-0.3, -0.25) is 9.78 Å². The lowest BCUT2D eigenvalue weighted by atomic mass is 10.2. The molecule has 1 heterocycles. The zero-order chi connectivity index (χ0) is 13.1. The maximum absolute atomic E-state index is 12.9. The van der Waals surface area contributed by atoms with Crippen molar-refractivity contribution < 1.29 is 13.6 Å². The number of nitrogens with one attached hydrogen (secondary N) is 1. The molecule has 2 rings (SSSR count). The molecule has 0 aliphatic heterocycles. The summed E-state index contributed by atoms with van der Waals surface area (Å²) < 4.78 is 26.3. The Labute approximate surface area is 115 Å². The van der Waals surface area contributed by atoms with Gasteiger partial charge >= 0.3 is 0 Å². The van der Waals surface area contributed by atoms with Gasteiger partial charge in [-0.1, -0.05) is 0 Å². The predicted molar refractivity (Wildman–Crippen MR) is 71.3 cm³/mol. The molecule has 92 valence electrons. The summed E-state index contributed by atoms with van der Waals surface area (Å²) in [7, 11) is 0. The molecule has 0 unspecified atom stereocenters. The number of pyridine rings is 1. The maximum Gasteiger partial charge on any atom is 0.256 e. The minimum atomic E-state index is -0.540. The second-order valence-electron chi connectivity index (χ2n) is 3.47. The Balaban J connectivity index is 2.22. The van der Waals surface area contributed by atoms with Crippen molar-refractivity contribution in [2.75, 3.05) is 5.32 Å². The Morgan fingerprint density at radius 1 is 1.17 bits per heavy atom. The van der Waals surface area contributed by atoms with Crippen molar-refractivity contribution in [3.05, 3.63) is 57.4 Å². The highest BCUT2D eigenvalue weighted by atomic mass is 127. The Morgan fingerprint density at radius 2 is 1.94 bits per heavy atom. The average molecular weight is 360 g/mol. The molecule has 1 N–H and O–H groups in total. The quantitative estimate of drug-likeness (QED) is 0.836. The number of hydrogen-bond acceptors (Lipinski definition) is 2. The first-order valence-corrected chi connectivity index (χ1v) is 6.01. The fourth-order valence-corrected chi connectivity index (χ4v) is 2.07. The molecule has 0 saturated carbocycles. The first-order valence-electron chi connectivity index (χ1n) is 4.93. The van der Waals surface area contributed by atoms with E-state index >= 15 is 0 Å². The molecule has 3 nitrogen and oxygen atoms in total. The zero-order valence-corrected chi connectivity index (χ0v) is 11.1. The average Bonchev–Trinajstić information content (AvgIpc) is 2.28. The second kappa shape index (κ2) is 5.38. The molecule has 1 aromatic carbocycles. The van der Waals surface area contributed by atoms with Crippen LogP contribution in [0.1, 0.15) is 10.4 Å². The molecule has 2 aromatic rings. The summed E-state index contributed by atoms with van der Waals surface area (Å²) in [4.78, 5) is 15.5. The fraction of sp³-hybridized carbons (Fsp3) is 0. The van der Waals surface area contributed by atoms with Crippen LogP contribution in [0.2, 0.25) is 0 Å². The summed E-state index contributed by atoms with van der Waals surface area (Å²) in [5, 5.41) is 2.49. The molecule has 0 bridgehead atoms. The normalized spacial score (nSPS) is 10.2. The van der Waals surface area contributed by atoms with Crippen LogP contribution in [0.15, 0.2) is 36.7 Å². The zero-order valence-electron chi connectivity index (χ0n) is 8.95. The minimum Gasteiger partial charge on any atom is -0.320 e. The van der Waals surface area contributed by atoms with Crippen LogP contribution < -0.4 is 5.32 Å². The first-order chi connectivity index (χ1) is 8.56. The molecular weight excluding hydrogens is 353 g/mol. The lowest BCUT2D eigenvalue weighted by molar-refractivity contribution is 0.102. The van der Waals surface area contributed by atoms with E-state index in [0.29, 0.717) is 9.13 Å². The van der Waals surface area contributed by atoms with E-state index < -0.39 is 17.5 Å². The van der Waals surface area contributed by atoms with Gasteiger partial charge < -0.3 is 5.32 Å². The number of anilines is 1. The number of benzene rings is 1. The molecule has 0 saturated heterocycles. The van der Waals surface area contributed by atoms with E-state index in [0.717, 1.165) is 12.3 Å². The van der Waals surface area contributed by atoms with E-state index in [-0.39, 0.29) is 5.69 Å². The van der Waals surface area contributed by atoms with Crippen LogP contribution in [0.4, 0.5) is 14.5 Å². The van der Waals surface area contributed by atoms with Crippen molar-refractivity contribution in [3.8, 4) is 0 Å². The minimum absolute atomic E-state index is 0.250. The van der Waals surface area contributed by atoms with Gasteiger partial charge in [-0.25, -0.2) is 8.78 Å². The highest BCUT2D eigenvalue weighted by molar-refractivity contribution is 14.1. The summed E-state index contributed by atoms with van der Waals surface area (Å²) in [5.41, 5.74) is 0.571. The molecule has 0 fully saturated rings. The van der Waals surface area contributed by atoms with Crippen LogP contribution in [0.5, 0.6) is 0 Å². The highest BCUT2D eigenvalue weighted by Gasteiger charge is 2.11. The van der Waals surface area contributed by atoms with Crippen LogP contribution in [0, 0.1) is 15.2 Å². The lowest BCUT2D eigenvalue weighted by Gasteiger charge is -2.06. The van der Waals surface area contributed by atoms with Crippen LogP contribution in [-0.4, -0.2) is 10.9 Å². The topological polar surface area (TPSA) is 42.0 Å². The van der Waals surface area contributed by atoms with Gasteiger partial charge in [0, 0.05) is 9.64 Å². The van der Waals surface area contributed by atoms with Gasteiger partial charge in [-0.05, 0) is 40.8 Å². The highest BCUT2D eigenvalue weighted by Crippen LogP contribution is 2.16. The van der Waals surface area contributed by atoms with Crippen molar-refractivity contribution >= 4 is 34.2 Å². The van der Waals surface area contributed by atoms with Crippen LogP contribution in [-0.2, 0) is 0 Å². The first kappa shape index (κ1) is 12.9. The van der Waals surface area contributed by atoms with Gasteiger partial charge in [0.25, 0.3) is 5.91 Å². The monoisotopic (exact) mass is 360 g/mol. The third-order valence-electron chi connectivity index (χ3n) is 2.14. The van der Waals surface area contributed by atoms with Crippen LogP contribution >= 0.6 is 22.6 Å². The summed E-state index contributed by atoms with van der Waals surface area (Å²) >= 11 is 1.86. The Bertz CT molecular complexity index is 604. The fourth-order valence-electron chi connectivity index (χ4n) is 1.35.